The Balaban J connectivity index is 0.00000220. The van der Waals surface area contributed by atoms with Gasteiger partial charge in [-0.2, -0.15) is 4.31 Å². The number of rotatable bonds is 5. The molecule has 0 amide bonds. The first-order valence-corrected chi connectivity index (χ1v) is 8.74. The van der Waals surface area contributed by atoms with Crippen LogP contribution in [0.2, 0.25) is 0 Å². The smallest absolute Gasteiger partial charge is 0.243 e. The minimum Gasteiger partial charge on any atom is -0.314 e. The quantitative estimate of drug-likeness (QED) is 0.900. The second-order valence-electron chi connectivity index (χ2n) is 5.73. The van der Waals surface area contributed by atoms with Crippen LogP contribution in [0.4, 0.5) is 0 Å². The molecule has 1 aliphatic rings. The summed E-state index contributed by atoms with van der Waals surface area (Å²) >= 11 is 0. The topological polar surface area (TPSA) is 49.4 Å². The molecule has 1 aliphatic heterocycles. The van der Waals surface area contributed by atoms with Gasteiger partial charge >= 0.3 is 0 Å². The Bertz CT molecular complexity index is 523. The number of hydrogen-bond acceptors (Lipinski definition) is 3. The minimum atomic E-state index is -3.32. The largest absolute Gasteiger partial charge is 0.314 e. The average Bonchev–Trinajstić information content (AvgIpc) is 2.46. The molecular weight excluding hydrogens is 308 g/mol. The van der Waals surface area contributed by atoms with E-state index in [2.05, 4.69) is 19.2 Å². The van der Waals surface area contributed by atoms with Crippen LogP contribution in [0.25, 0.3) is 0 Å². The molecule has 4 nitrogen and oxygen atoms in total. The maximum atomic E-state index is 12.5. The highest BCUT2D eigenvalue weighted by Crippen LogP contribution is 2.18. The van der Waals surface area contributed by atoms with Crippen molar-refractivity contribution in [3.8, 4) is 0 Å². The summed E-state index contributed by atoms with van der Waals surface area (Å²) < 4.78 is 26.5. The monoisotopic (exact) mass is 332 g/mol. The van der Waals surface area contributed by atoms with Crippen LogP contribution < -0.4 is 5.32 Å². The summed E-state index contributed by atoms with van der Waals surface area (Å²) in [6.45, 7) is 6.96. The van der Waals surface area contributed by atoms with Crippen molar-refractivity contribution in [3.63, 3.8) is 0 Å². The predicted molar refractivity (Wildman–Crippen MR) is 88.5 cm³/mol. The van der Waals surface area contributed by atoms with Crippen LogP contribution in [-0.2, 0) is 16.4 Å². The van der Waals surface area contributed by atoms with E-state index >= 15 is 0 Å². The van der Waals surface area contributed by atoms with Crippen LogP contribution in [0, 0.1) is 5.92 Å². The van der Waals surface area contributed by atoms with E-state index in [4.69, 9.17) is 0 Å². The minimum absolute atomic E-state index is 0. The third-order valence-corrected chi connectivity index (χ3v) is 5.56. The number of hydrogen-bond donors (Lipinski definition) is 1. The van der Waals surface area contributed by atoms with Gasteiger partial charge in [0.15, 0.2) is 0 Å². The van der Waals surface area contributed by atoms with Crippen molar-refractivity contribution in [2.45, 2.75) is 31.6 Å². The molecule has 1 aromatic rings. The molecule has 0 bridgehead atoms. The first kappa shape index (κ1) is 18.4. The fourth-order valence-corrected chi connectivity index (χ4v) is 3.76. The van der Waals surface area contributed by atoms with Crippen molar-refractivity contribution in [2.24, 2.45) is 5.92 Å². The van der Waals surface area contributed by atoms with Crippen LogP contribution in [-0.4, -0.2) is 38.9 Å². The van der Waals surface area contributed by atoms with E-state index in [9.17, 15) is 8.42 Å². The third-order valence-electron chi connectivity index (χ3n) is 3.65. The molecule has 21 heavy (non-hydrogen) atoms. The fraction of sp³-hybridized carbons (Fsp3) is 0.600. The second-order valence-corrected chi connectivity index (χ2v) is 7.67. The number of nitrogens with one attached hydrogen (secondary N) is 1. The van der Waals surface area contributed by atoms with Gasteiger partial charge in [-0.15, -0.1) is 12.4 Å². The highest BCUT2D eigenvalue weighted by molar-refractivity contribution is 7.89. The first-order valence-electron chi connectivity index (χ1n) is 7.30. The van der Waals surface area contributed by atoms with Crippen molar-refractivity contribution >= 4 is 22.4 Å². The SMILES string of the molecule is CC(C)CCc1ccc(S(=O)(=O)N2CCNCC2)cc1.Cl. The van der Waals surface area contributed by atoms with Crippen molar-refractivity contribution in [1.29, 1.82) is 0 Å². The lowest BCUT2D eigenvalue weighted by Gasteiger charge is -2.26. The first-order chi connectivity index (χ1) is 9.50. The summed E-state index contributed by atoms with van der Waals surface area (Å²) in [5.74, 6) is 0.666. The van der Waals surface area contributed by atoms with Crippen molar-refractivity contribution in [1.82, 2.24) is 9.62 Å². The molecule has 1 heterocycles. The lowest BCUT2D eigenvalue weighted by atomic mass is 10.0. The van der Waals surface area contributed by atoms with Gasteiger partial charge < -0.3 is 5.32 Å². The highest BCUT2D eigenvalue weighted by Gasteiger charge is 2.25. The third kappa shape index (κ3) is 4.95. The molecule has 0 atom stereocenters. The van der Waals surface area contributed by atoms with Gasteiger partial charge in [-0.1, -0.05) is 26.0 Å². The number of halogens is 1. The van der Waals surface area contributed by atoms with E-state index in [-0.39, 0.29) is 12.4 Å². The maximum Gasteiger partial charge on any atom is 0.243 e. The second kappa shape index (κ2) is 8.13. The van der Waals surface area contributed by atoms with Gasteiger partial charge in [0, 0.05) is 26.2 Å². The number of aryl methyl sites for hydroxylation is 1. The molecule has 0 unspecified atom stereocenters. The molecule has 120 valence electrons. The zero-order valence-corrected chi connectivity index (χ0v) is 14.3. The van der Waals surface area contributed by atoms with Gasteiger partial charge in [-0.3, -0.25) is 0 Å². The summed E-state index contributed by atoms with van der Waals surface area (Å²) in [5, 5.41) is 3.17. The molecule has 6 heteroatoms. The molecule has 1 aromatic carbocycles. The Morgan fingerprint density at radius 1 is 1.14 bits per heavy atom. The molecule has 0 saturated carbocycles. The van der Waals surface area contributed by atoms with Crippen LogP contribution in [0.15, 0.2) is 29.2 Å². The van der Waals surface area contributed by atoms with Gasteiger partial charge in [-0.05, 0) is 36.5 Å². The molecular formula is C15H25ClN2O2S. The lowest BCUT2D eigenvalue weighted by Crippen LogP contribution is -2.46. The lowest BCUT2D eigenvalue weighted by molar-refractivity contribution is 0.360. The van der Waals surface area contributed by atoms with Crippen LogP contribution in [0.3, 0.4) is 0 Å². The van der Waals surface area contributed by atoms with Crippen LogP contribution in [0.1, 0.15) is 25.8 Å². The Labute approximate surface area is 134 Å². The van der Waals surface area contributed by atoms with Crippen LogP contribution >= 0.6 is 12.4 Å². The number of sulfonamides is 1. The molecule has 1 N–H and O–H groups in total. The molecule has 0 radical (unpaired) electrons. The van der Waals surface area contributed by atoms with Crippen molar-refractivity contribution in [2.75, 3.05) is 26.2 Å². The predicted octanol–water partition coefficient (Wildman–Crippen LogP) is 2.29. The van der Waals surface area contributed by atoms with E-state index < -0.39 is 10.0 Å². The summed E-state index contributed by atoms with van der Waals surface area (Å²) in [7, 11) is -3.32. The summed E-state index contributed by atoms with van der Waals surface area (Å²) in [4.78, 5) is 0.410. The molecule has 2 rings (SSSR count). The van der Waals surface area contributed by atoms with E-state index in [1.54, 1.807) is 16.4 Å². The Morgan fingerprint density at radius 2 is 1.71 bits per heavy atom. The summed E-state index contributed by atoms with van der Waals surface area (Å²) in [6, 6.07) is 7.37. The van der Waals surface area contributed by atoms with Crippen molar-refractivity contribution < 1.29 is 8.42 Å². The maximum absolute atomic E-state index is 12.5. The van der Waals surface area contributed by atoms with E-state index in [1.165, 1.54) is 5.56 Å². The van der Waals surface area contributed by atoms with E-state index in [1.807, 2.05) is 12.1 Å². The zero-order valence-electron chi connectivity index (χ0n) is 12.7. The van der Waals surface area contributed by atoms with Crippen LogP contribution in [0.5, 0.6) is 0 Å². The van der Waals surface area contributed by atoms with Gasteiger partial charge in [0.25, 0.3) is 0 Å². The van der Waals surface area contributed by atoms with Crippen molar-refractivity contribution in [3.05, 3.63) is 29.8 Å². The number of nitrogens with zero attached hydrogens (tertiary/aromatic N) is 1. The number of piperazine rings is 1. The Morgan fingerprint density at radius 3 is 2.24 bits per heavy atom. The molecule has 0 aliphatic carbocycles. The van der Waals surface area contributed by atoms with E-state index in [0.29, 0.717) is 23.9 Å². The van der Waals surface area contributed by atoms with Gasteiger partial charge in [-0.25, -0.2) is 8.42 Å². The average molecular weight is 333 g/mol. The standard InChI is InChI=1S/C15H24N2O2S.ClH/c1-13(2)3-4-14-5-7-15(8-6-14)20(18,19)17-11-9-16-10-12-17;/h5-8,13,16H,3-4,9-12H2,1-2H3;1H. The van der Waals surface area contributed by atoms with E-state index in [0.717, 1.165) is 25.9 Å². The normalized spacial score (nSPS) is 16.7. The summed E-state index contributed by atoms with van der Waals surface area (Å²) in [6.07, 6.45) is 2.13. The fourth-order valence-electron chi connectivity index (χ4n) is 2.32. The Hall–Kier alpha value is -0.620. The zero-order chi connectivity index (χ0) is 14.6. The number of benzene rings is 1. The van der Waals surface area contributed by atoms with Gasteiger partial charge in [0.1, 0.15) is 0 Å². The molecule has 1 saturated heterocycles. The van der Waals surface area contributed by atoms with Gasteiger partial charge in [0.05, 0.1) is 4.90 Å². The van der Waals surface area contributed by atoms with Gasteiger partial charge in [0.2, 0.25) is 10.0 Å². The highest BCUT2D eigenvalue weighted by atomic mass is 35.5. The summed E-state index contributed by atoms with van der Waals surface area (Å²) in [5.41, 5.74) is 1.21. The Kier molecular flexibility index (Phi) is 7.13. The molecule has 0 aromatic heterocycles. The molecule has 0 spiro atoms. The molecule has 1 fully saturated rings.